The molecule has 0 aliphatic heterocycles. The van der Waals surface area contributed by atoms with E-state index in [1.807, 2.05) is 6.07 Å². The van der Waals surface area contributed by atoms with E-state index < -0.39 is 84.0 Å². The molecule has 2 atom stereocenters. The van der Waals surface area contributed by atoms with Crippen molar-refractivity contribution in [1.29, 1.82) is 5.26 Å². The average molecular weight is 838 g/mol. The van der Waals surface area contributed by atoms with Crippen LogP contribution in [0.5, 0.6) is 11.8 Å². The number of hydrogen-bond acceptors (Lipinski definition) is 11. The van der Waals surface area contributed by atoms with E-state index in [0.29, 0.717) is 22.9 Å². The number of aliphatic hydroxyl groups is 1. The van der Waals surface area contributed by atoms with Crippen LogP contribution in [0.1, 0.15) is 44.9 Å². The van der Waals surface area contributed by atoms with Gasteiger partial charge in [0, 0.05) is 34.1 Å². The van der Waals surface area contributed by atoms with Gasteiger partial charge in [-0.05, 0) is 30.3 Å². The second-order valence-corrected chi connectivity index (χ2v) is 12.3. The molecule has 0 saturated heterocycles. The first-order valence-electron chi connectivity index (χ1n) is 15.2. The second-order valence-electron chi connectivity index (χ2n) is 11.4. The molecule has 5 rings (SSSR count). The minimum atomic E-state index is -5.48. The Morgan fingerprint density at radius 1 is 1.07 bits per heavy atom. The standard InChI is InChI=1S/C34H25F5N6O7S.BrH/c1-18(29-42-27(15-53-29)20-4-2-19(12-40)3-5-20)33(50,25-9-7-22(35)10-26(25)36)16-45-17-44(32(43-45)52-31(49)34(37,38)39)14-21-6-8-23(51-28(46)13-41)11-24(21)30(47)48;/h2-11,15,17-18,50H,13-14,16,41H2,1H3;1H. The van der Waals surface area contributed by atoms with Gasteiger partial charge in [0.1, 0.15) is 36.1 Å². The third-order valence-corrected chi connectivity index (χ3v) is 8.95. The summed E-state index contributed by atoms with van der Waals surface area (Å²) < 4.78 is 80.5. The molecule has 20 heteroatoms. The zero-order chi connectivity index (χ0) is 38.7. The van der Waals surface area contributed by atoms with E-state index in [-0.39, 0.29) is 33.3 Å². The van der Waals surface area contributed by atoms with E-state index in [1.54, 1.807) is 29.6 Å². The zero-order valence-corrected chi connectivity index (χ0v) is 30.0. The number of ether oxygens (including phenoxy) is 2. The topological polar surface area (TPSA) is 195 Å². The van der Waals surface area contributed by atoms with Crippen molar-refractivity contribution in [3.63, 3.8) is 0 Å². The average Bonchev–Trinajstić information content (AvgIpc) is 3.75. The Morgan fingerprint density at radius 3 is 2.39 bits per heavy atom. The largest absolute Gasteiger partial charge is 1.00 e. The molecule has 0 amide bonds. The molecule has 0 aliphatic carbocycles. The van der Waals surface area contributed by atoms with Crippen molar-refractivity contribution in [2.24, 2.45) is 5.73 Å². The number of nitrogens with zero attached hydrogens (tertiary/aromatic N) is 5. The number of carbonyl (C=O) groups excluding carboxylic acids is 2. The lowest BCUT2D eigenvalue weighted by Crippen LogP contribution is -3.00. The molecule has 0 spiro atoms. The summed E-state index contributed by atoms with van der Waals surface area (Å²) in [6.45, 7) is -0.371. The molecule has 0 fully saturated rings. The van der Waals surface area contributed by atoms with Gasteiger partial charge < -0.3 is 42.4 Å². The Balaban J connectivity index is 0.00000650. The number of halogens is 6. The Hall–Kier alpha value is -5.62. The first-order valence-corrected chi connectivity index (χ1v) is 16.1. The lowest BCUT2D eigenvalue weighted by Gasteiger charge is -2.32. The molecule has 54 heavy (non-hydrogen) atoms. The lowest BCUT2D eigenvalue weighted by molar-refractivity contribution is -0.693. The third-order valence-electron chi connectivity index (χ3n) is 7.92. The summed E-state index contributed by atoms with van der Waals surface area (Å²) in [5, 5.41) is 37.1. The number of nitriles is 1. The summed E-state index contributed by atoms with van der Waals surface area (Å²) in [7, 11) is 0. The predicted molar refractivity (Wildman–Crippen MR) is 172 cm³/mol. The molecule has 13 nitrogen and oxygen atoms in total. The number of thiazole rings is 1. The van der Waals surface area contributed by atoms with Gasteiger partial charge in [-0.3, -0.25) is 4.79 Å². The fraction of sp³-hybridized carbons (Fsp3) is 0.206. The normalized spacial score (nSPS) is 12.9. The van der Waals surface area contributed by atoms with Crippen molar-refractivity contribution < 1.29 is 77.6 Å². The van der Waals surface area contributed by atoms with Crippen LogP contribution in [-0.2, 0) is 28.3 Å². The van der Waals surface area contributed by atoms with Crippen LogP contribution in [0.15, 0.2) is 72.4 Å². The first kappa shape index (κ1) is 41.1. The van der Waals surface area contributed by atoms with E-state index in [2.05, 4.69) is 14.8 Å². The number of carboxylic acid groups (broad SMARTS) is 1. The van der Waals surface area contributed by atoms with Crippen molar-refractivity contribution >= 4 is 29.2 Å². The van der Waals surface area contributed by atoms with Crippen LogP contribution in [0, 0.1) is 23.0 Å². The van der Waals surface area contributed by atoms with Gasteiger partial charge in [-0.2, -0.15) is 23.0 Å². The molecule has 0 aliphatic rings. The minimum Gasteiger partial charge on any atom is -1.00 e. The molecule has 5 aromatic rings. The highest BCUT2D eigenvalue weighted by Gasteiger charge is 2.46. The van der Waals surface area contributed by atoms with Crippen molar-refractivity contribution in [3.8, 4) is 29.1 Å². The van der Waals surface area contributed by atoms with E-state index in [9.17, 15) is 42.2 Å². The maximum absolute atomic E-state index is 15.4. The fourth-order valence-corrected chi connectivity index (χ4v) is 6.17. The van der Waals surface area contributed by atoms with Crippen LogP contribution in [0.25, 0.3) is 11.3 Å². The fourth-order valence-electron chi connectivity index (χ4n) is 5.20. The molecule has 2 heterocycles. The summed E-state index contributed by atoms with van der Waals surface area (Å²) in [5.41, 5.74) is 3.36. The zero-order valence-electron chi connectivity index (χ0n) is 27.6. The summed E-state index contributed by atoms with van der Waals surface area (Å²) in [5.74, 6) is -8.52. The van der Waals surface area contributed by atoms with Crippen LogP contribution in [0.2, 0.25) is 0 Å². The number of esters is 2. The van der Waals surface area contributed by atoms with Crippen molar-refractivity contribution in [2.75, 3.05) is 6.54 Å². The minimum absolute atomic E-state index is 0. The van der Waals surface area contributed by atoms with Crippen LogP contribution in [0.4, 0.5) is 22.0 Å². The number of aromatic nitrogens is 4. The highest BCUT2D eigenvalue weighted by molar-refractivity contribution is 7.10. The lowest BCUT2D eigenvalue weighted by atomic mass is 9.82. The molecule has 2 aromatic heterocycles. The van der Waals surface area contributed by atoms with Gasteiger partial charge in [0.05, 0.1) is 39.5 Å². The molecule has 0 saturated carbocycles. The molecular formula is C34H26BrF5N6O7S. The number of carbonyl (C=O) groups is 3. The van der Waals surface area contributed by atoms with Gasteiger partial charge in [-0.25, -0.2) is 23.4 Å². The van der Waals surface area contributed by atoms with Crippen molar-refractivity contribution in [3.05, 3.63) is 111 Å². The summed E-state index contributed by atoms with van der Waals surface area (Å²) in [6, 6.07) is 13.2. The highest BCUT2D eigenvalue weighted by Crippen LogP contribution is 2.41. The Kier molecular flexibility index (Phi) is 12.6. The molecule has 3 aromatic carbocycles. The van der Waals surface area contributed by atoms with Crippen LogP contribution < -0.4 is 36.8 Å². The number of carboxylic acids is 1. The number of aromatic carboxylic acids is 1. The SMILES string of the molecule is CC(c1nc(-c2ccc(C#N)cc2)cs1)C(O)(Cn1c[n+](Cc2ccc(OC(=O)CN)cc2C(=O)O)c(OC(=O)C(F)(F)F)n1)c1ccc(F)cc1F.[Br-]. The Bertz CT molecular complexity index is 2240. The van der Waals surface area contributed by atoms with E-state index in [0.717, 1.165) is 45.1 Å². The van der Waals surface area contributed by atoms with Gasteiger partial charge in [-0.1, -0.05) is 31.2 Å². The second kappa shape index (κ2) is 16.6. The first-order chi connectivity index (χ1) is 25.0. The molecular weight excluding hydrogens is 811 g/mol. The quantitative estimate of drug-likeness (QED) is 0.0708. The van der Waals surface area contributed by atoms with E-state index in [4.69, 9.17) is 15.7 Å². The van der Waals surface area contributed by atoms with Crippen LogP contribution >= 0.6 is 11.3 Å². The van der Waals surface area contributed by atoms with Crippen molar-refractivity contribution in [2.45, 2.75) is 37.7 Å². The molecule has 2 unspecified atom stereocenters. The number of alkyl halides is 3. The molecule has 0 bridgehead atoms. The maximum atomic E-state index is 15.4. The van der Waals surface area contributed by atoms with E-state index >= 15 is 4.39 Å². The van der Waals surface area contributed by atoms with Gasteiger partial charge in [0.15, 0.2) is 0 Å². The van der Waals surface area contributed by atoms with Gasteiger partial charge in [-0.15, -0.1) is 16.0 Å². The van der Waals surface area contributed by atoms with Crippen molar-refractivity contribution in [1.82, 2.24) is 14.8 Å². The predicted octanol–water partition coefficient (Wildman–Crippen LogP) is 1.22. The molecule has 282 valence electrons. The van der Waals surface area contributed by atoms with Gasteiger partial charge in [0.2, 0.25) is 6.33 Å². The summed E-state index contributed by atoms with van der Waals surface area (Å²) >= 11 is 1.08. The monoisotopic (exact) mass is 836 g/mol. The summed E-state index contributed by atoms with van der Waals surface area (Å²) in [6.07, 6.45) is -4.50. The Labute approximate surface area is 316 Å². The number of hydrogen-bond donors (Lipinski definition) is 3. The Morgan fingerprint density at radius 2 is 1.78 bits per heavy atom. The van der Waals surface area contributed by atoms with Crippen LogP contribution in [0.3, 0.4) is 0 Å². The highest BCUT2D eigenvalue weighted by atomic mass is 79.9. The number of rotatable bonds is 12. The summed E-state index contributed by atoms with van der Waals surface area (Å²) in [4.78, 5) is 40.2. The molecule has 0 radical (unpaired) electrons. The van der Waals surface area contributed by atoms with Crippen LogP contribution in [-0.4, -0.2) is 55.6 Å². The smallest absolute Gasteiger partial charge is 0.491 e. The molecule has 4 N–H and O–H groups in total. The van der Waals surface area contributed by atoms with Gasteiger partial charge in [0.25, 0.3) is 0 Å². The third kappa shape index (κ3) is 9.11. The van der Waals surface area contributed by atoms with E-state index in [1.165, 1.54) is 19.1 Å². The maximum Gasteiger partial charge on any atom is 0.491 e. The number of nitrogens with two attached hydrogens (primary N) is 1. The number of benzene rings is 3. The van der Waals surface area contributed by atoms with Gasteiger partial charge >= 0.3 is 30.1 Å².